The molecule has 0 radical (unpaired) electrons. The van der Waals surface area contributed by atoms with E-state index >= 15 is 0 Å². The quantitative estimate of drug-likeness (QED) is 0.495. The molecule has 0 bridgehead atoms. The molecular weight excluding hydrogens is 434 g/mol. The van der Waals surface area contributed by atoms with E-state index in [9.17, 15) is 9.59 Å². The second kappa shape index (κ2) is 13.1. The number of nitriles is 1. The lowest BCUT2D eigenvalue weighted by Crippen LogP contribution is -2.44. The van der Waals surface area contributed by atoms with Crippen molar-refractivity contribution in [2.45, 2.75) is 40.2 Å². The Balaban J connectivity index is 0.000000696. The van der Waals surface area contributed by atoms with Gasteiger partial charge in [-0.1, -0.05) is 39.3 Å². The summed E-state index contributed by atoms with van der Waals surface area (Å²) in [6, 6.07) is 11.9. The van der Waals surface area contributed by atoms with Crippen LogP contribution in [0.1, 0.15) is 44.5 Å². The number of rotatable bonds is 7. The Bertz CT molecular complexity index is 1070. The standard InChI is InChI=1S/C20H17N5O2S.C5H12/c1-13(18(26)23-10-8-21)24-19(27)15-6-4-14(5-7-15)17-12-28-20(25-17)16-3-2-9-22-11-16;1-4-5(2)3/h2-7,9,11-13H,10H2,1H3,(H,23,26)(H,24,27);5H,4H2,1-3H3. The van der Waals surface area contributed by atoms with Crippen LogP contribution >= 0.6 is 11.3 Å². The number of carbonyl (C=O) groups is 2. The number of amides is 2. The molecule has 1 atom stereocenters. The molecule has 1 unspecified atom stereocenters. The van der Waals surface area contributed by atoms with Gasteiger partial charge in [-0.05, 0) is 37.1 Å². The Labute approximate surface area is 198 Å². The maximum atomic E-state index is 12.3. The molecule has 0 saturated carbocycles. The van der Waals surface area contributed by atoms with Crippen molar-refractivity contribution in [3.63, 3.8) is 0 Å². The zero-order valence-corrected chi connectivity index (χ0v) is 20.1. The molecule has 3 aromatic rings. The summed E-state index contributed by atoms with van der Waals surface area (Å²) in [4.78, 5) is 32.8. The predicted octanol–water partition coefficient (Wildman–Crippen LogP) is 4.68. The molecule has 2 heterocycles. The third-order valence-corrected chi connectivity index (χ3v) is 5.65. The number of hydrogen-bond acceptors (Lipinski definition) is 6. The number of aromatic nitrogens is 2. The molecule has 2 amide bonds. The molecule has 3 rings (SSSR count). The fraction of sp³-hybridized carbons (Fsp3) is 0.320. The van der Waals surface area contributed by atoms with Gasteiger partial charge in [0.1, 0.15) is 17.6 Å². The van der Waals surface area contributed by atoms with Crippen molar-refractivity contribution in [2.75, 3.05) is 6.54 Å². The third kappa shape index (κ3) is 8.13. The number of thiazole rings is 1. The molecule has 0 spiro atoms. The summed E-state index contributed by atoms with van der Waals surface area (Å²) in [5.41, 5.74) is 3.10. The summed E-state index contributed by atoms with van der Waals surface area (Å²) < 4.78 is 0. The molecule has 8 heteroatoms. The minimum Gasteiger partial charge on any atom is -0.341 e. The summed E-state index contributed by atoms with van der Waals surface area (Å²) in [7, 11) is 0. The molecule has 0 aliphatic carbocycles. The van der Waals surface area contributed by atoms with Gasteiger partial charge in [-0.2, -0.15) is 5.26 Å². The fourth-order valence-corrected chi connectivity index (χ4v) is 3.27. The van der Waals surface area contributed by atoms with Crippen molar-refractivity contribution >= 4 is 23.2 Å². The minimum atomic E-state index is -0.735. The van der Waals surface area contributed by atoms with Gasteiger partial charge in [0.15, 0.2) is 0 Å². The molecular formula is C25H29N5O2S. The minimum absolute atomic E-state index is 0.0948. The molecule has 2 aromatic heterocycles. The van der Waals surface area contributed by atoms with Crippen LogP contribution in [0.2, 0.25) is 0 Å². The number of carbonyl (C=O) groups excluding carboxylic acids is 2. The van der Waals surface area contributed by atoms with Gasteiger partial charge >= 0.3 is 0 Å². The van der Waals surface area contributed by atoms with Crippen LogP contribution in [0.5, 0.6) is 0 Å². The Kier molecular flexibility index (Phi) is 10.2. The van der Waals surface area contributed by atoms with Gasteiger partial charge in [-0.15, -0.1) is 11.3 Å². The van der Waals surface area contributed by atoms with E-state index < -0.39 is 11.9 Å². The number of hydrogen-bond donors (Lipinski definition) is 2. The molecule has 2 N–H and O–H groups in total. The highest BCUT2D eigenvalue weighted by molar-refractivity contribution is 7.13. The molecule has 7 nitrogen and oxygen atoms in total. The van der Waals surface area contributed by atoms with Crippen molar-refractivity contribution in [1.82, 2.24) is 20.6 Å². The van der Waals surface area contributed by atoms with E-state index in [1.165, 1.54) is 17.8 Å². The summed E-state index contributed by atoms with van der Waals surface area (Å²) in [5, 5.41) is 16.3. The smallest absolute Gasteiger partial charge is 0.251 e. The summed E-state index contributed by atoms with van der Waals surface area (Å²) in [6.45, 7) is 8.11. The average molecular weight is 464 g/mol. The van der Waals surface area contributed by atoms with Crippen molar-refractivity contribution in [2.24, 2.45) is 5.92 Å². The molecule has 33 heavy (non-hydrogen) atoms. The van der Waals surface area contributed by atoms with Gasteiger partial charge in [0.25, 0.3) is 5.91 Å². The monoisotopic (exact) mass is 463 g/mol. The highest BCUT2D eigenvalue weighted by Gasteiger charge is 2.16. The Morgan fingerprint density at radius 3 is 2.39 bits per heavy atom. The van der Waals surface area contributed by atoms with Crippen molar-refractivity contribution in [1.29, 1.82) is 5.26 Å². The van der Waals surface area contributed by atoms with Crippen LogP contribution in [0, 0.1) is 17.2 Å². The lowest BCUT2D eigenvalue weighted by Gasteiger charge is -2.13. The highest BCUT2D eigenvalue weighted by Crippen LogP contribution is 2.28. The molecule has 0 fully saturated rings. The first-order chi connectivity index (χ1) is 15.8. The lowest BCUT2D eigenvalue weighted by atomic mass is 10.1. The van der Waals surface area contributed by atoms with Crippen molar-refractivity contribution in [3.05, 3.63) is 59.7 Å². The lowest BCUT2D eigenvalue weighted by molar-refractivity contribution is -0.122. The van der Waals surface area contributed by atoms with E-state index in [0.717, 1.165) is 27.7 Å². The van der Waals surface area contributed by atoms with E-state index in [1.54, 1.807) is 31.5 Å². The van der Waals surface area contributed by atoms with Crippen molar-refractivity contribution in [3.8, 4) is 27.9 Å². The Morgan fingerprint density at radius 1 is 1.12 bits per heavy atom. The molecule has 1 aromatic carbocycles. The van der Waals surface area contributed by atoms with Crippen LogP contribution in [-0.2, 0) is 4.79 Å². The van der Waals surface area contributed by atoms with Crippen LogP contribution in [-0.4, -0.2) is 34.4 Å². The molecule has 0 aliphatic rings. The highest BCUT2D eigenvalue weighted by atomic mass is 32.1. The number of pyridine rings is 1. The third-order valence-electron chi connectivity index (χ3n) is 4.75. The van der Waals surface area contributed by atoms with E-state index in [-0.39, 0.29) is 12.5 Å². The zero-order valence-electron chi connectivity index (χ0n) is 19.3. The fourth-order valence-electron chi connectivity index (χ4n) is 2.45. The van der Waals surface area contributed by atoms with E-state index in [4.69, 9.17) is 5.26 Å². The van der Waals surface area contributed by atoms with E-state index in [0.29, 0.717) is 5.56 Å². The van der Waals surface area contributed by atoms with Crippen LogP contribution in [0.15, 0.2) is 54.2 Å². The maximum absolute atomic E-state index is 12.3. The summed E-state index contributed by atoms with van der Waals surface area (Å²) in [5.74, 6) is 0.118. The number of benzene rings is 1. The van der Waals surface area contributed by atoms with Gasteiger partial charge in [0, 0.05) is 34.5 Å². The average Bonchev–Trinajstić information content (AvgIpc) is 3.34. The zero-order chi connectivity index (χ0) is 24.2. The number of nitrogens with zero attached hydrogens (tertiary/aromatic N) is 3. The van der Waals surface area contributed by atoms with Crippen LogP contribution < -0.4 is 10.6 Å². The maximum Gasteiger partial charge on any atom is 0.251 e. The van der Waals surface area contributed by atoms with Crippen LogP contribution in [0.3, 0.4) is 0 Å². The van der Waals surface area contributed by atoms with Gasteiger partial charge in [-0.3, -0.25) is 14.6 Å². The first kappa shape index (κ1) is 25.7. The first-order valence-electron chi connectivity index (χ1n) is 10.8. The normalized spacial score (nSPS) is 11.0. The largest absolute Gasteiger partial charge is 0.341 e. The predicted molar refractivity (Wildman–Crippen MR) is 131 cm³/mol. The SMILES string of the molecule is CC(NC(=O)c1ccc(-c2csc(-c3cccnc3)n2)cc1)C(=O)NCC#N.CCC(C)C. The summed E-state index contributed by atoms with van der Waals surface area (Å²) >= 11 is 1.53. The second-order valence-electron chi connectivity index (χ2n) is 7.73. The molecule has 172 valence electrons. The Hall–Kier alpha value is -3.57. The first-order valence-corrected chi connectivity index (χ1v) is 11.7. The molecule has 0 saturated heterocycles. The Morgan fingerprint density at radius 2 is 1.82 bits per heavy atom. The van der Waals surface area contributed by atoms with Crippen LogP contribution in [0.25, 0.3) is 21.8 Å². The van der Waals surface area contributed by atoms with Gasteiger partial charge in [0.2, 0.25) is 5.91 Å². The molecule has 0 aliphatic heterocycles. The van der Waals surface area contributed by atoms with Gasteiger partial charge < -0.3 is 10.6 Å². The summed E-state index contributed by atoms with van der Waals surface area (Å²) in [6.07, 6.45) is 4.79. The second-order valence-corrected chi connectivity index (χ2v) is 8.59. The van der Waals surface area contributed by atoms with Gasteiger partial charge in [-0.25, -0.2) is 4.98 Å². The topological polar surface area (TPSA) is 108 Å². The van der Waals surface area contributed by atoms with Gasteiger partial charge in [0.05, 0.1) is 11.8 Å². The van der Waals surface area contributed by atoms with E-state index in [2.05, 4.69) is 41.4 Å². The van der Waals surface area contributed by atoms with Crippen LogP contribution in [0.4, 0.5) is 0 Å². The van der Waals surface area contributed by atoms with E-state index in [1.807, 2.05) is 35.7 Å². The number of nitrogens with one attached hydrogen (secondary N) is 2. The van der Waals surface area contributed by atoms with Crippen molar-refractivity contribution < 1.29 is 9.59 Å².